The Morgan fingerprint density at radius 1 is 1.69 bits per heavy atom. The van der Waals surface area contributed by atoms with E-state index in [2.05, 4.69) is 9.97 Å². The van der Waals surface area contributed by atoms with E-state index in [0.29, 0.717) is 18.1 Å². The highest BCUT2D eigenvalue weighted by Crippen LogP contribution is 1.97. The third kappa shape index (κ3) is 3.16. The van der Waals surface area contributed by atoms with Crippen molar-refractivity contribution in [2.24, 2.45) is 0 Å². The van der Waals surface area contributed by atoms with E-state index in [4.69, 9.17) is 9.84 Å². The number of rotatable bonds is 4. The average Bonchev–Trinajstić information content (AvgIpc) is 2.04. The summed E-state index contributed by atoms with van der Waals surface area (Å²) in [5.74, 6) is -0.400. The molecule has 1 rings (SSSR count). The summed E-state index contributed by atoms with van der Waals surface area (Å²) < 4.78 is 4.82. The van der Waals surface area contributed by atoms with Gasteiger partial charge in [-0.3, -0.25) is 4.79 Å². The van der Waals surface area contributed by atoms with Crippen molar-refractivity contribution < 1.29 is 14.6 Å². The Balaban J connectivity index is 2.73. The molecule has 0 fully saturated rings. The number of hydrogen-bond donors (Lipinski definition) is 1. The summed E-state index contributed by atoms with van der Waals surface area (Å²) in [5, 5.41) is 8.50. The van der Waals surface area contributed by atoms with Crippen LogP contribution in [0, 0.1) is 0 Å². The molecule has 0 spiro atoms. The second kappa shape index (κ2) is 4.51. The quantitative estimate of drug-likeness (QED) is 0.722. The van der Waals surface area contributed by atoms with Gasteiger partial charge in [0.05, 0.1) is 12.1 Å². The lowest BCUT2D eigenvalue weighted by Crippen LogP contribution is -2.05. The van der Waals surface area contributed by atoms with Crippen LogP contribution >= 0.6 is 0 Å². The van der Waals surface area contributed by atoms with E-state index in [9.17, 15) is 4.79 Å². The molecule has 0 aliphatic rings. The second-order valence-corrected chi connectivity index (χ2v) is 2.47. The second-order valence-electron chi connectivity index (χ2n) is 2.47. The lowest BCUT2D eigenvalue weighted by molar-refractivity contribution is -0.136. The van der Waals surface area contributed by atoms with E-state index in [1.807, 2.05) is 0 Å². The SMILES string of the molecule is COCc1nccc(CC(=O)O)n1. The highest BCUT2D eigenvalue weighted by Gasteiger charge is 2.03. The molecule has 0 aliphatic heterocycles. The number of aromatic nitrogens is 2. The minimum Gasteiger partial charge on any atom is -0.481 e. The predicted octanol–water partition coefficient (Wildman–Crippen LogP) is 0.250. The maximum absolute atomic E-state index is 10.3. The van der Waals surface area contributed by atoms with Crippen molar-refractivity contribution in [1.29, 1.82) is 0 Å². The molecule has 0 radical (unpaired) electrons. The minimum absolute atomic E-state index is 0.0841. The Bertz CT molecular complexity index is 301. The number of methoxy groups -OCH3 is 1. The molecule has 13 heavy (non-hydrogen) atoms. The number of aliphatic carboxylic acids is 1. The molecule has 0 amide bonds. The van der Waals surface area contributed by atoms with Gasteiger partial charge in [-0.25, -0.2) is 9.97 Å². The Morgan fingerprint density at radius 2 is 2.46 bits per heavy atom. The van der Waals surface area contributed by atoms with Gasteiger partial charge in [-0.2, -0.15) is 0 Å². The van der Waals surface area contributed by atoms with E-state index < -0.39 is 5.97 Å². The number of ether oxygens (including phenoxy) is 1. The van der Waals surface area contributed by atoms with E-state index in [1.54, 1.807) is 6.07 Å². The van der Waals surface area contributed by atoms with Crippen molar-refractivity contribution >= 4 is 5.97 Å². The molecule has 0 unspecified atom stereocenters. The van der Waals surface area contributed by atoms with Gasteiger partial charge in [-0.05, 0) is 6.07 Å². The van der Waals surface area contributed by atoms with Gasteiger partial charge in [0.2, 0.25) is 0 Å². The average molecular weight is 182 g/mol. The number of nitrogens with zero attached hydrogens (tertiary/aromatic N) is 2. The van der Waals surface area contributed by atoms with Gasteiger partial charge in [0.25, 0.3) is 0 Å². The molecule has 0 aliphatic carbocycles. The van der Waals surface area contributed by atoms with Gasteiger partial charge in [0, 0.05) is 13.3 Å². The van der Waals surface area contributed by atoms with Crippen molar-refractivity contribution in [2.75, 3.05) is 7.11 Å². The molecule has 1 N–H and O–H groups in total. The van der Waals surface area contributed by atoms with E-state index in [0.717, 1.165) is 0 Å². The summed E-state index contributed by atoms with van der Waals surface area (Å²) in [4.78, 5) is 18.2. The fraction of sp³-hybridized carbons (Fsp3) is 0.375. The van der Waals surface area contributed by atoms with Crippen LogP contribution in [0.4, 0.5) is 0 Å². The molecule has 5 heteroatoms. The zero-order chi connectivity index (χ0) is 9.68. The normalized spacial score (nSPS) is 9.92. The van der Waals surface area contributed by atoms with E-state index in [1.165, 1.54) is 13.3 Å². The molecule has 70 valence electrons. The van der Waals surface area contributed by atoms with Gasteiger partial charge in [0.15, 0.2) is 5.82 Å². The highest BCUT2D eigenvalue weighted by molar-refractivity contribution is 5.69. The summed E-state index contributed by atoms with van der Waals surface area (Å²) in [5.41, 5.74) is 0.495. The van der Waals surface area contributed by atoms with Gasteiger partial charge in [-0.1, -0.05) is 0 Å². The maximum atomic E-state index is 10.3. The molecule has 0 atom stereocenters. The molecule has 1 aromatic heterocycles. The summed E-state index contributed by atoms with van der Waals surface area (Å²) in [6.45, 7) is 0.299. The van der Waals surface area contributed by atoms with Gasteiger partial charge in [0.1, 0.15) is 6.61 Å². The number of carbonyl (C=O) groups is 1. The molecule has 0 aromatic carbocycles. The molecule has 0 bridgehead atoms. The van der Waals surface area contributed by atoms with E-state index in [-0.39, 0.29) is 6.42 Å². The van der Waals surface area contributed by atoms with Crippen LogP contribution in [0.2, 0.25) is 0 Å². The smallest absolute Gasteiger partial charge is 0.309 e. The van der Waals surface area contributed by atoms with Gasteiger partial charge >= 0.3 is 5.97 Å². The minimum atomic E-state index is -0.901. The third-order valence-corrected chi connectivity index (χ3v) is 1.37. The fourth-order valence-electron chi connectivity index (χ4n) is 0.893. The van der Waals surface area contributed by atoms with E-state index >= 15 is 0 Å². The number of carboxylic acids is 1. The van der Waals surface area contributed by atoms with Crippen LogP contribution in [0.1, 0.15) is 11.5 Å². The first-order valence-electron chi connectivity index (χ1n) is 3.74. The van der Waals surface area contributed by atoms with Crippen LogP contribution < -0.4 is 0 Å². The number of hydrogen-bond acceptors (Lipinski definition) is 4. The molecule has 5 nitrogen and oxygen atoms in total. The molecular weight excluding hydrogens is 172 g/mol. The Kier molecular flexibility index (Phi) is 3.33. The first kappa shape index (κ1) is 9.60. The zero-order valence-electron chi connectivity index (χ0n) is 7.23. The molecule has 0 saturated carbocycles. The van der Waals surface area contributed by atoms with Crippen LogP contribution in [0.25, 0.3) is 0 Å². The van der Waals surface area contributed by atoms with Crippen LogP contribution in [0.3, 0.4) is 0 Å². The van der Waals surface area contributed by atoms with Crippen molar-refractivity contribution in [3.63, 3.8) is 0 Å². The Hall–Kier alpha value is -1.49. The highest BCUT2D eigenvalue weighted by atomic mass is 16.5. The van der Waals surface area contributed by atoms with Crippen molar-refractivity contribution in [3.05, 3.63) is 23.8 Å². The Labute approximate surface area is 75.4 Å². The lowest BCUT2D eigenvalue weighted by Gasteiger charge is -1.99. The monoisotopic (exact) mass is 182 g/mol. The number of carboxylic acid groups (broad SMARTS) is 1. The molecule has 1 aromatic rings. The molecular formula is C8H10N2O3. The van der Waals surface area contributed by atoms with Crippen LogP contribution in [0.5, 0.6) is 0 Å². The fourth-order valence-corrected chi connectivity index (χ4v) is 0.893. The summed E-state index contributed by atoms with van der Waals surface area (Å²) >= 11 is 0. The largest absolute Gasteiger partial charge is 0.481 e. The van der Waals surface area contributed by atoms with Gasteiger partial charge < -0.3 is 9.84 Å². The van der Waals surface area contributed by atoms with Crippen LogP contribution in [-0.4, -0.2) is 28.2 Å². The predicted molar refractivity (Wildman–Crippen MR) is 44.1 cm³/mol. The maximum Gasteiger partial charge on any atom is 0.309 e. The molecule has 0 saturated heterocycles. The van der Waals surface area contributed by atoms with Gasteiger partial charge in [-0.15, -0.1) is 0 Å². The van der Waals surface area contributed by atoms with Crippen molar-refractivity contribution in [3.8, 4) is 0 Å². The first-order valence-corrected chi connectivity index (χ1v) is 3.74. The first-order chi connectivity index (χ1) is 6.22. The molecule has 1 heterocycles. The topological polar surface area (TPSA) is 72.3 Å². The standard InChI is InChI=1S/C8H10N2O3/c1-13-5-7-9-3-2-6(10-7)4-8(11)12/h2-3H,4-5H2,1H3,(H,11,12). The van der Waals surface area contributed by atoms with Crippen molar-refractivity contribution in [2.45, 2.75) is 13.0 Å². The van der Waals surface area contributed by atoms with Crippen LogP contribution in [0.15, 0.2) is 12.3 Å². The van der Waals surface area contributed by atoms with Crippen molar-refractivity contribution in [1.82, 2.24) is 9.97 Å². The summed E-state index contributed by atoms with van der Waals surface area (Å²) in [7, 11) is 1.53. The lowest BCUT2D eigenvalue weighted by atomic mass is 10.3. The Morgan fingerprint density at radius 3 is 3.08 bits per heavy atom. The third-order valence-electron chi connectivity index (χ3n) is 1.37. The summed E-state index contributed by atoms with van der Waals surface area (Å²) in [6, 6.07) is 1.58. The summed E-state index contributed by atoms with van der Waals surface area (Å²) in [6.07, 6.45) is 1.44. The zero-order valence-corrected chi connectivity index (χ0v) is 7.23. The van der Waals surface area contributed by atoms with Crippen LogP contribution in [-0.2, 0) is 22.6 Å².